The monoisotopic (exact) mass is 252 g/mol. The van der Waals surface area contributed by atoms with Gasteiger partial charge in [0, 0.05) is 0 Å². The molecule has 0 nitrogen and oxygen atoms in total. The van der Waals surface area contributed by atoms with E-state index < -0.39 is 0 Å². The fraction of sp³-hybridized carbons (Fsp3) is 0.158. The maximum Gasteiger partial charge on any atom is -0.0178 e. The summed E-state index contributed by atoms with van der Waals surface area (Å²) in [6, 6.07) is 14.8. The Kier molecular flexibility index (Phi) is 7.95. The van der Waals surface area contributed by atoms with Crippen LogP contribution in [0.2, 0.25) is 0 Å². The van der Waals surface area contributed by atoms with Gasteiger partial charge in [0.15, 0.2) is 0 Å². The third-order valence-corrected chi connectivity index (χ3v) is 2.60. The van der Waals surface area contributed by atoms with Crippen LogP contribution in [0.4, 0.5) is 0 Å². The summed E-state index contributed by atoms with van der Waals surface area (Å²) in [6.45, 7) is 11.5. The Morgan fingerprint density at radius 3 is 2.16 bits per heavy atom. The Balaban J connectivity index is 0.00000103. The molecule has 0 aliphatic rings. The molecule has 0 fully saturated rings. The Morgan fingerprint density at radius 1 is 0.947 bits per heavy atom. The number of benzene rings is 2. The highest BCUT2D eigenvalue weighted by molar-refractivity contribution is 5.87. The normalized spacial score (nSPS) is 9.89. The van der Waals surface area contributed by atoms with Crippen molar-refractivity contribution in [2.45, 2.75) is 21.3 Å². The van der Waals surface area contributed by atoms with E-state index >= 15 is 0 Å². The summed E-state index contributed by atoms with van der Waals surface area (Å²) in [5.74, 6) is 0. The maximum absolute atomic E-state index is 3.82. The number of fused-ring (bicyclic) bond motifs is 1. The molecule has 0 amide bonds. The molecule has 0 unspecified atom stereocenters. The van der Waals surface area contributed by atoms with Crippen LogP contribution in [-0.2, 0) is 0 Å². The molecule has 2 rings (SSSR count). The second-order valence-electron chi connectivity index (χ2n) is 3.62. The molecule has 0 atom stereocenters. The fourth-order valence-corrected chi connectivity index (χ4v) is 1.78. The van der Waals surface area contributed by atoms with Crippen molar-refractivity contribution in [2.75, 3.05) is 0 Å². The quantitative estimate of drug-likeness (QED) is 0.566. The third-order valence-electron chi connectivity index (χ3n) is 2.60. The van der Waals surface area contributed by atoms with E-state index in [1.807, 2.05) is 26.0 Å². The minimum atomic E-state index is 0. The van der Waals surface area contributed by atoms with Gasteiger partial charge in [-0.1, -0.05) is 89.1 Å². The molecule has 0 saturated carbocycles. The van der Waals surface area contributed by atoms with Gasteiger partial charge in [-0.05, 0) is 28.0 Å². The van der Waals surface area contributed by atoms with E-state index in [1.165, 1.54) is 16.3 Å². The number of hydrogen-bond donors (Lipinski definition) is 0. The zero-order valence-electron chi connectivity index (χ0n) is 11.2. The van der Waals surface area contributed by atoms with Crippen LogP contribution in [0.15, 0.2) is 73.9 Å². The molecule has 2 aromatic carbocycles. The van der Waals surface area contributed by atoms with Crippen LogP contribution in [0.1, 0.15) is 26.8 Å². The highest BCUT2D eigenvalue weighted by atomic mass is 14.0. The van der Waals surface area contributed by atoms with Gasteiger partial charge < -0.3 is 0 Å². The van der Waals surface area contributed by atoms with Crippen molar-refractivity contribution in [3.63, 3.8) is 0 Å². The summed E-state index contributed by atoms with van der Waals surface area (Å²) in [5, 5.41) is 2.50. The predicted molar refractivity (Wildman–Crippen MR) is 90.4 cm³/mol. The van der Waals surface area contributed by atoms with Gasteiger partial charge in [-0.3, -0.25) is 0 Å². The molecule has 0 N–H and O–H groups in total. The van der Waals surface area contributed by atoms with E-state index in [0.717, 1.165) is 5.57 Å². The lowest BCUT2D eigenvalue weighted by atomic mass is 10.0. The lowest BCUT2D eigenvalue weighted by Crippen LogP contribution is -1.81. The first kappa shape index (κ1) is 16.9. The lowest BCUT2D eigenvalue weighted by Gasteiger charge is -2.04. The number of allylic oxidation sites excluding steroid dienone is 4. The van der Waals surface area contributed by atoms with Crippen molar-refractivity contribution in [3.8, 4) is 0 Å². The Bertz CT molecular complexity index is 559. The zero-order chi connectivity index (χ0) is 13.4. The van der Waals surface area contributed by atoms with Crippen molar-refractivity contribution in [3.05, 3.63) is 79.4 Å². The van der Waals surface area contributed by atoms with Gasteiger partial charge in [0.1, 0.15) is 0 Å². The molecule has 2 aromatic rings. The first-order chi connectivity index (χ1) is 8.85. The van der Waals surface area contributed by atoms with Crippen LogP contribution in [-0.4, -0.2) is 0 Å². The molecular formula is C19H24. The van der Waals surface area contributed by atoms with Crippen molar-refractivity contribution in [1.29, 1.82) is 0 Å². The summed E-state index contributed by atoms with van der Waals surface area (Å²) in [5.41, 5.74) is 2.27. The Hall–Kier alpha value is -2.08. The largest absolute Gasteiger partial charge is 0.0990 e. The minimum absolute atomic E-state index is 0. The van der Waals surface area contributed by atoms with Crippen LogP contribution in [0.3, 0.4) is 0 Å². The van der Waals surface area contributed by atoms with Gasteiger partial charge in [-0.25, -0.2) is 0 Å². The summed E-state index contributed by atoms with van der Waals surface area (Å²) in [6.07, 6.45) is 5.61. The van der Waals surface area contributed by atoms with E-state index in [9.17, 15) is 0 Å². The van der Waals surface area contributed by atoms with E-state index in [-0.39, 0.29) is 7.43 Å². The van der Waals surface area contributed by atoms with Crippen LogP contribution in [0, 0.1) is 0 Å². The van der Waals surface area contributed by atoms with E-state index in [0.29, 0.717) is 0 Å². The second-order valence-corrected chi connectivity index (χ2v) is 3.62. The highest BCUT2D eigenvalue weighted by Gasteiger charge is 1.98. The molecule has 100 valence electrons. The average Bonchev–Trinajstić information content (AvgIpc) is 2.46. The van der Waals surface area contributed by atoms with Gasteiger partial charge in [0.05, 0.1) is 0 Å². The molecule has 0 aliphatic heterocycles. The van der Waals surface area contributed by atoms with Gasteiger partial charge in [-0.2, -0.15) is 0 Å². The molecule has 0 heterocycles. The minimum Gasteiger partial charge on any atom is -0.0990 e. The van der Waals surface area contributed by atoms with Crippen molar-refractivity contribution < 1.29 is 0 Å². The third kappa shape index (κ3) is 4.26. The van der Waals surface area contributed by atoms with Crippen LogP contribution in [0.5, 0.6) is 0 Å². The van der Waals surface area contributed by atoms with Crippen molar-refractivity contribution in [1.82, 2.24) is 0 Å². The predicted octanol–water partition coefficient (Wildman–Crippen LogP) is 6.26. The second kappa shape index (κ2) is 8.93. The highest BCUT2D eigenvalue weighted by Crippen LogP contribution is 2.21. The van der Waals surface area contributed by atoms with Gasteiger partial charge in [0.2, 0.25) is 0 Å². The number of hydrogen-bond acceptors (Lipinski definition) is 0. The molecule has 0 aromatic heterocycles. The van der Waals surface area contributed by atoms with Crippen LogP contribution < -0.4 is 0 Å². The molecule has 0 bridgehead atoms. The molecule has 0 aliphatic carbocycles. The summed E-state index contributed by atoms with van der Waals surface area (Å²) >= 11 is 0. The maximum atomic E-state index is 3.82. The number of rotatable bonds is 3. The van der Waals surface area contributed by atoms with E-state index in [1.54, 1.807) is 6.08 Å². The molecule has 0 heteroatoms. The van der Waals surface area contributed by atoms with E-state index in [2.05, 4.69) is 55.6 Å². The topological polar surface area (TPSA) is 0 Å². The molecule has 0 saturated heterocycles. The first-order valence-corrected chi connectivity index (χ1v) is 6.29. The zero-order valence-corrected chi connectivity index (χ0v) is 11.2. The van der Waals surface area contributed by atoms with Crippen LogP contribution in [0.25, 0.3) is 16.3 Å². The molecular weight excluding hydrogens is 228 g/mol. The molecule has 0 spiro atoms. The van der Waals surface area contributed by atoms with Gasteiger partial charge in [0.25, 0.3) is 0 Å². The fourth-order valence-electron chi connectivity index (χ4n) is 1.78. The molecule has 19 heavy (non-hydrogen) atoms. The van der Waals surface area contributed by atoms with E-state index in [4.69, 9.17) is 0 Å². The van der Waals surface area contributed by atoms with Gasteiger partial charge in [-0.15, -0.1) is 0 Å². The summed E-state index contributed by atoms with van der Waals surface area (Å²) < 4.78 is 0. The smallest absolute Gasteiger partial charge is 0.0178 e. The first-order valence-electron chi connectivity index (χ1n) is 6.29. The summed E-state index contributed by atoms with van der Waals surface area (Å²) in [7, 11) is 0. The Labute approximate surface area is 117 Å². The summed E-state index contributed by atoms with van der Waals surface area (Å²) in [4.78, 5) is 0. The average molecular weight is 252 g/mol. The molecule has 0 radical (unpaired) electrons. The van der Waals surface area contributed by atoms with Gasteiger partial charge >= 0.3 is 0 Å². The lowest BCUT2D eigenvalue weighted by molar-refractivity contribution is 1.50. The standard InChI is InChI=1S/C16H14.C2H6.CH4/c1-3-7-13(4-2)16-11-10-14-8-5-6-9-15(14)12-16;1-2;/h3-12H,1-2H2;1-2H3;1H4/b13-7+;;. The van der Waals surface area contributed by atoms with Crippen molar-refractivity contribution >= 4 is 16.3 Å². The van der Waals surface area contributed by atoms with Crippen LogP contribution >= 0.6 is 0 Å². The van der Waals surface area contributed by atoms with Crippen molar-refractivity contribution in [2.24, 2.45) is 0 Å². The Morgan fingerprint density at radius 2 is 1.58 bits per heavy atom. The SMILES string of the molecule is C.C=C/C=C(\C=C)c1ccc2ccccc2c1.CC.